The number of rotatable bonds is 6. The number of hydrogen-bond donors (Lipinski definition) is 2. The molecule has 2 amide bonds. The number of aryl methyl sites for hydroxylation is 1. The summed E-state index contributed by atoms with van der Waals surface area (Å²) in [6, 6.07) is 14.7. The molecule has 30 heavy (non-hydrogen) atoms. The number of carbonyl (C=O) groups is 2. The van der Waals surface area contributed by atoms with Crippen molar-refractivity contribution < 1.29 is 14.0 Å². The summed E-state index contributed by atoms with van der Waals surface area (Å²) in [5, 5.41) is 2.94. The maximum absolute atomic E-state index is 12.8. The van der Waals surface area contributed by atoms with Gasteiger partial charge in [0.1, 0.15) is 5.76 Å². The van der Waals surface area contributed by atoms with E-state index in [0.717, 1.165) is 37.2 Å². The van der Waals surface area contributed by atoms with Crippen LogP contribution < -0.4 is 16.0 Å². The van der Waals surface area contributed by atoms with E-state index < -0.39 is 5.91 Å². The maximum Gasteiger partial charge on any atom is 0.248 e. The van der Waals surface area contributed by atoms with Crippen LogP contribution in [-0.2, 0) is 11.2 Å². The van der Waals surface area contributed by atoms with Crippen molar-refractivity contribution >= 4 is 23.2 Å². The number of carbonyl (C=O) groups excluding carboxylic acids is 2. The third kappa shape index (κ3) is 4.20. The molecule has 1 aliphatic heterocycles. The fraction of sp³-hybridized carbons (Fsp3) is 0.261. The Hall–Kier alpha value is -3.61. The molecule has 1 aromatic heterocycles. The molecular weight excluding hydrogens is 380 g/mol. The molecule has 0 radical (unpaired) electrons. The molecule has 3 N–H and O–H groups in total. The summed E-state index contributed by atoms with van der Waals surface area (Å²) in [7, 11) is 0. The van der Waals surface area contributed by atoms with Crippen LogP contribution in [0.1, 0.15) is 34.7 Å². The van der Waals surface area contributed by atoms with Crippen LogP contribution in [0.4, 0.5) is 11.4 Å². The Morgan fingerprint density at radius 2 is 1.87 bits per heavy atom. The zero-order valence-corrected chi connectivity index (χ0v) is 16.9. The first-order valence-electron chi connectivity index (χ1n) is 10.0. The van der Waals surface area contributed by atoms with E-state index in [-0.39, 0.29) is 12.3 Å². The third-order valence-electron chi connectivity index (χ3n) is 5.24. The van der Waals surface area contributed by atoms with Gasteiger partial charge in [0.25, 0.3) is 0 Å². The van der Waals surface area contributed by atoms with Crippen molar-refractivity contribution in [3.8, 4) is 11.5 Å². The molecule has 0 saturated carbocycles. The summed E-state index contributed by atoms with van der Waals surface area (Å²) in [4.78, 5) is 31.1. The quantitative estimate of drug-likeness (QED) is 0.654. The lowest BCUT2D eigenvalue weighted by molar-refractivity contribution is -0.115. The number of benzene rings is 2. The SMILES string of the molecule is Cc1oc(-c2ccccc2)nc1CC(=O)Nc1cc(C(N)=O)ccc1N1CCCC1. The van der Waals surface area contributed by atoms with Gasteiger partial charge in [0, 0.05) is 24.2 Å². The van der Waals surface area contributed by atoms with E-state index in [0.29, 0.717) is 28.6 Å². The second kappa shape index (κ2) is 8.41. The van der Waals surface area contributed by atoms with Gasteiger partial charge in [-0.2, -0.15) is 0 Å². The van der Waals surface area contributed by atoms with Gasteiger partial charge in [0.15, 0.2) is 0 Å². The van der Waals surface area contributed by atoms with Crippen molar-refractivity contribution in [1.82, 2.24) is 4.98 Å². The van der Waals surface area contributed by atoms with Crippen molar-refractivity contribution in [2.24, 2.45) is 5.73 Å². The van der Waals surface area contributed by atoms with Crippen LogP contribution in [0.3, 0.4) is 0 Å². The van der Waals surface area contributed by atoms with Gasteiger partial charge in [0.05, 0.1) is 23.5 Å². The number of aromatic nitrogens is 1. The minimum absolute atomic E-state index is 0.0718. The lowest BCUT2D eigenvalue weighted by Gasteiger charge is -2.22. The van der Waals surface area contributed by atoms with Crippen molar-refractivity contribution in [2.75, 3.05) is 23.3 Å². The number of anilines is 2. The monoisotopic (exact) mass is 404 g/mol. The summed E-state index contributed by atoms with van der Waals surface area (Å²) < 4.78 is 5.75. The van der Waals surface area contributed by atoms with E-state index in [2.05, 4.69) is 15.2 Å². The molecule has 1 aliphatic rings. The molecule has 0 bridgehead atoms. The molecule has 7 nitrogen and oxygen atoms in total. The first-order valence-corrected chi connectivity index (χ1v) is 10.0. The van der Waals surface area contributed by atoms with Crippen molar-refractivity contribution in [2.45, 2.75) is 26.2 Å². The standard InChI is InChI=1S/C23H24N4O3/c1-15-18(26-23(30-15)16-7-3-2-4-8-16)14-21(28)25-19-13-17(22(24)29)9-10-20(19)27-11-5-6-12-27/h2-4,7-10,13H,5-6,11-12,14H2,1H3,(H2,24,29)(H,25,28). The van der Waals surface area contributed by atoms with Gasteiger partial charge in [-0.25, -0.2) is 4.98 Å². The molecule has 0 unspecified atom stereocenters. The van der Waals surface area contributed by atoms with Crippen LogP contribution in [-0.4, -0.2) is 29.9 Å². The smallest absolute Gasteiger partial charge is 0.248 e. The predicted molar refractivity (Wildman–Crippen MR) is 115 cm³/mol. The Labute approximate surface area is 174 Å². The minimum Gasteiger partial charge on any atom is -0.441 e. The van der Waals surface area contributed by atoms with Gasteiger partial charge in [-0.1, -0.05) is 18.2 Å². The molecule has 0 spiro atoms. The van der Waals surface area contributed by atoms with E-state index in [4.69, 9.17) is 10.2 Å². The van der Waals surface area contributed by atoms with Gasteiger partial charge in [-0.3, -0.25) is 9.59 Å². The van der Waals surface area contributed by atoms with Crippen LogP contribution in [0.15, 0.2) is 52.9 Å². The molecule has 2 aromatic carbocycles. The van der Waals surface area contributed by atoms with Gasteiger partial charge in [-0.05, 0) is 50.1 Å². The normalized spacial score (nSPS) is 13.4. The van der Waals surface area contributed by atoms with Crippen molar-refractivity contribution in [3.05, 3.63) is 65.5 Å². The highest BCUT2D eigenvalue weighted by molar-refractivity contribution is 5.99. The number of amides is 2. The van der Waals surface area contributed by atoms with Gasteiger partial charge in [-0.15, -0.1) is 0 Å². The van der Waals surface area contributed by atoms with Gasteiger partial charge in [0.2, 0.25) is 17.7 Å². The van der Waals surface area contributed by atoms with Gasteiger partial charge >= 0.3 is 0 Å². The van der Waals surface area contributed by atoms with Crippen molar-refractivity contribution in [3.63, 3.8) is 0 Å². The van der Waals surface area contributed by atoms with E-state index in [9.17, 15) is 9.59 Å². The van der Waals surface area contributed by atoms with Crippen LogP contribution in [0.2, 0.25) is 0 Å². The van der Waals surface area contributed by atoms with Crippen LogP contribution in [0.25, 0.3) is 11.5 Å². The molecular formula is C23H24N4O3. The minimum atomic E-state index is -0.529. The second-order valence-electron chi connectivity index (χ2n) is 7.40. The molecule has 0 aliphatic carbocycles. The summed E-state index contributed by atoms with van der Waals surface area (Å²) in [6.45, 7) is 3.63. The van der Waals surface area contributed by atoms with Crippen LogP contribution >= 0.6 is 0 Å². The lowest BCUT2D eigenvalue weighted by Crippen LogP contribution is -2.23. The highest BCUT2D eigenvalue weighted by Crippen LogP contribution is 2.30. The molecule has 0 atom stereocenters. The number of nitrogens with one attached hydrogen (secondary N) is 1. The molecule has 1 saturated heterocycles. The number of nitrogens with two attached hydrogens (primary N) is 1. The Bertz CT molecular complexity index is 1070. The van der Waals surface area contributed by atoms with E-state index in [1.54, 1.807) is 19.1 Å². The third-order valence-corrected chi connectivity index (χ3v) is 5.24. The van der Waals surface area contributed by atoms with E-state index in [1.807, 2.05) is 36.4 Å². The first-order chi connectivity index (χ1) is 14.5. The second-order valence-corrected chi connectivity index (χ2v) is 7.40. The number of primary amides is 1. The maximum atomic E-state index is 12.8. The highest BCUT2D eigenvalue weighted by Gasteiger charge is 2.20. The highest BCUT2D eigenvalue weighted by atomic mass is 16.4. The fourth-order valence-corrected chi connectivity index (χ4v) is 3.67. The topological polar surface area (TPSA) is 101 Å². The zero-order valence-electron chi connectivity index (χ0n) is 16.9. The zero-order chi connectivity index (χ0) is 21.1. The molecule has 154 valence electrons. The fourth-order valence-electron chi connectivity index (χ4n) is 3.67. The molecule has 3 aromatic rings. The Morgan fingerprint density at radius 1 is 1.13 bits per heavy atom. The largest absolute Gasteiger partial charge is 0.441 e. The van der Waals surface area contributed by atoms with Gasteiger partial charge < -0.3 is 20.4 Å². The summed E-state index contributed by atoms with van der Waals surface area (Å²) in [5.41, 5.74) is 8.71. The summed E-state index contributed by atoms with van der Waals surface area (Å²) in [5.74, 6) is 0.338. The Morgan fingerprint density at radius 3 is 2.57 bits per heavy atom. The van der Waals surface area contributed by atoms with E-state index >= 15 is 0 Å². The Balaban J connectivity index is 1.55. The molecule has 7 heteroatoms. The van der Waals surface area contributed by atoms with Crippen molar-refractivity contribution in [1.29, 1.82) is 0 Å². The summed E-state index contributed by atoms with van der Waals surface area (Å²) in [6.07, 6.45) is 2.28. The molecule has 1 fully saturated rings. The van der Waals surface area contributed by atoms with Crippen LogP contribution in [0.5, 0.6) is 0 Å². The van der Waals surface area contributed by atoms with E-state index in [1.165, 1.54) is 0 Å². The first kappa shape index (κ1) is 19.7. The molecule has 2 heterocycles. The number of nitrogens with zero attached hydrogens (tertiary/aromatic N) is 2. The number of oxazole rings is 1. The average Bonchev–Trinajstić information content (AvgIpc) is 3.39. The molecule has 4 rings (SSSR count). The summed E-state index contributed by atoms with van der Waals surface area (Å²) >= 11 is 0. The Kier molecular flexibility index (Phi) is 5.52. The number of hydrogen-bond acceptors (Lipinski definition) is 5. The lowest BCUT2D eigenvalue weighted by atomic mass is 10.1. The average molecular weight is 404 g/mol. The van der Waals surface area contributed by atoms with Crippen LogP contribution in [0, 0.1) is 6.92 Å². The predicted octanol–water partition coefficient (Wildman–Crippen LogP) is 3.53.